The Morgan fingerprint density at radius 2 is 1.05 bits per heavy atom. The molecule has 0 fully saturated rings. The summed E-state index contributed by atoms with van der Waals surface area (Å²) in [7, 11) is 0. The number of aliphatic hydroxyl groups excluding tert-OH is 1. The number of amides is 7. The van der Waals surface area contributed by atoms with Crippen LogP contribution in [0, 0.1) is 17.8 Å². The lowest BCUT2D eigenvalue weighted by Gasteiger charge is -2.28. The Morgan fingerprint density at radius 3 is 1.55 bits per heavy atom. The number of benzene rings is 1. The molecule has 7 amide bonds. The van der Waals surface area contributed by atoms with Crippen LogP contribution in [-0.4, -0.2) is 129 Å². The molecule has 1 aromatic rings. The summed E-state index contributed by atoms with van der Waals surface area (Å²) in [5, 5.41) is 45.5. The van der Waals surface area contributed by atoms with Gasteiger partial charge in [-0.1, -0.05) is 71.9 Å². The van der Waals surface area contributed by atoms with Gasteiger partial charge >= 0.3 is 11.9 Å². The van der Waals surface area contributed by atoms with E-state index in [1.807, 2.05) is 6.07 Å². The fourth-order valence-corrected chi connectivity index (χ4v) is 5.94. The van der Waals surface area contributed by atoms with Crippen LogP contribution in [0.3, 0.4) is 0 Å². The normalized spacial score (nSPS) is 15.2. The Labute approximate surface area is 355 Å². The fourth-order valence-electron chi connectivity index (χ4n) is 5.68. The second-order valence-electron chi connectivity index (χ2n) is 15.6. The molecule has 0 spiro atoms. The molecule has 8 atom stereocenters. The molecule has 20 nitrogen and oxygen atoms in total. The van der Waals surface area contributed by atoms with Gasteiger partial charge in [0.1, 0.15) is 42.3 Å². The molecular weight excluding hydrogens is 805 g/mol. The number of carbonyl (C=O) groups excluding carboxylic acids is 7. The van der Waals surface area contributed by atoms with Gasteiger partial charge in [0.05, 0.1) is 19.1 Å². The molecule has 0 aliphatic rings. The van der Waals surface area contributed by atoms with Crippen LogP contribution < -0.4 is 43.0 Å². The van der Waals surface area contributed by atoms with Crippen molar-refractivity contribution in [3.8, 4) is 0 Å². The van der Waals surface area contributed by atoms with Crippen LogP contribution >= 0.6 is 12.6 Å². The van der Waals surface area contributed by atoms with Crippen LogP contribution in [0.1, 0.15) is 73.3 Å². The Morgan fingerprint density at radius 1 is 0.583 bits per heavy atom. The monoisotopic (exact) mass is 866 g/mol. The highest BCUT2D eigenvalue weighted by atomic mass is 32.1. The van der Waals surface area contributed by atoms with Gasteiger partial charge in [-0.3, -0.25) is 38.4 Å². The quantitative estimate of drug-likeness (QED) is 0.0458. The molecule has 0 aliphatic heterocycles. The standard InChI is InChI=1S/C39H62N8O12S/c1-19(2)13-25(34(53)43-26(16-30(49)50)35(54)45-28(17-48)36(55)44-27(39(58)59)14-20(3)4)42-32(51)22(7)41-38(57)31(21(5)6)47-37(56)29(18-60)46-33(52)24(40)15-23-11-9-8-10-12-23/h8-12,19-22,24-29,31,48,60H,13-18,40H2,1-7H3,(H,41,57)(H,42,51)(H,43,53)(H,44,55)(H,45,54)(H,46,52)(H,47,56)(H,49,50)(H,58,59)/t22-,24-,25-,26-,27-,28-,29-,31-/m0/s1. The first-order valence-electron chi connectivity index (χ1n) is 19.6. The van der Waals surface area contributed by atoms with Crippen molar-refractivity contribution < 1.29 is 58.5 Å². The molecule has 336 valence electrons. The second-order valence-corrected chi connectivity index (χ2v) is 16.0. The molecule has 0 aliphatic carbocycles. The van der Waals surface area contributed by atoms with Gasteiger partial charge in [-0.2, -0.15) is 12.6 Å². The number of thiol groups is 1. The summed E-state index contributed by atoms with van der Waals surface area (Å²) in [6.07, 6.45) is -0.735. The first kappa shape index (κ1) is 52.7. The molecule has 0 saturated heterocycles. The highest BCUT2D eigenvalue weighted by Crippen LogP contribution is 2.10. The zero-order valence-electron chi connectivity index (χ0n) is 35.0. The molecule has 0 heterocycles. The van der Waals surface area contributed by atoms with Crippen LogP contribution in [0.2, 0.25) is 0 Å². The van der Waals surface area contributed by atoms with E-state index in [4.69, 9.17) is 5.73 Å². The maximum absolute atomic E-state index is 13.5. The summed E-state index contributed by atoms with van der Waals surface area (Å²) >= 11 is 4.18. The number of rotatable bonds is 26. The first-order chi connectivity index (χ1) is 28.0. The maximum Gasteiger partial charge on any atom is 0.326 e. The Kier molecular flexibility index (Phi) is 22.9. The van der Waals surface area contributed by atoms with E-state index in [-0.39, 0.29) is 36.9 Å². The van der Waals surface area contributed by atoms with E-state index in [0.717, 1.165) is 5.56 Å². The molecular formula is C39H62N8O12S. The number of aliphatic carboxylic acids is 2. The smallest absolute Gasteiger partial charge is 0.326 e. The lowest BCUT2D eigenvalue weighted by molar-refractivity contribution is -0.144. The molecule has 0 bridgehead atoms. The van der Waals surface area contributed by atoms with E-state index in [1.54, 1.807) is 65.8 Å². The van der Waals surface area contributed by atoms with Gasteiger partial charge < -0.3 is 58.3 Å². The number of carboxylic acids is 2. The maximum atomic E-state index is 13.5. The SMILES string of the molecule is CC(C)C[C@H](NC(=O)[C@H](CO)NC(=O)[C@H](CC(=O)O)NC(=O)[C@H](CC(C)C)NC(=O)[C@H](C)NC(=O)[C@@H](NC(=O)[C@H](CS)NC(=O)[C@@H](N)Cc1ccccc1)C(C)C)C(=O)O. The number of hydrogen-bond acceptors (Lipinski definition) is 12. The molecule has 0 aromatic heterocycles. The highest BCUT2D eigenvalue weighted by molar-refractivity contribution is 7.80. The molecule has 0 saturated carbocycles. The zero-order chi connectivity index (χ0) is 45.9. The second kappa shape index (κ2) is 26.0. The minimum atomic E-state index is -1.81. The van der Waals surface area contributed by atoms with Crippen molar-refractivity contribution in [3.05, 3.63) is 35.9 Å². The van der Waals surface area contributed by atoms with Crippen molar-refractivity contribution in [2.75, 3.05) is 12.4 Å². The van der Waals surface area contributed by atoms with E-state index in [2.05, 4.69) is 49.8 Å². The first-order valence-corrected chi connectivity index (χ1v) is 20.2. The molecule has 0 unspecified atom stereocenters. The molecule has 1 aromatic carbocycles. The van der Waals surface area contributed by atoms with Crippen LogP contribution in [0.25, 0.3) is 0 Å². The minimum Gasteiger partial charge on any atom is -0.481 e. The van der Waals surface area contributed by atoms with Gasteiger partial charge in [-0.05, 0) is 49.5 Å². The summed E-state index contributed by atoms with van der Waals surface area (Å²) < 4.78 is 0. The van der Waals surface area contributed by atoms with Crippen LogP contribution in [-0.2, 0) is 49.6 Å². The molecule has 60 heavy (non-hydrogen) atoms. The van der Waals surface area contributed by atoms with Gasteiger partial charge in [0.25, 0.3) is 0 Å². The number of carboxylic acid groups (broad SMARTS) is 2. The lowest BCUT2D eigenvalue weighted by Crippen LogP contribution is -2.61. The predicted molar refractivity (Wildman–Crippen MR) is 222 cm³/mol. The highest BCUT2D eigenvalue weighted by Gasteiger charge is 2.35. The third-order valence-electron chi connectivity index (χ3n) is 8.94. The van der Waals surface area contributed by atoms with Gasteiger partial charge in [0.15, 0.2) is 0 Å². The summed E-state index contributed by atoms with van der Waals surface area (Å²) in [5.41, 5.74) is 6.87. The van der Waals surface area contributed by atoms with Crippen molar-refractivity contribution in [1.29, 1.82) is 0 Å². The van der Waals surface area contributed by atoms with Crippen LogP contribution in [0.5, 0.6) is 0 Å². The third kappa shape index (κ3) is 18.8. The fraction of sp³-hybridized carbons (Fsp3) is 0.615. The van der Waals surface area contributed by atoms with Crippen LogP contribution in [0.4, 0.5) is 0 Å². The Hall–Kier alpha value is -5.28. The summed E-state index contributed by atoms with van der Waals surface area (Å²) in [6, 6.07) is -1.82. The predicted octanol–water partition coefficient (Wildman–Crippen LogP) is -1.80. The van der Waals surface area contributed by atoms with Gasteiger partial charge in [0, 0.05) is 5.75 Å². The molecule has 12 N–H and O–H groups in total. The number of hydrogen-bond donors (Lipinski definition) is 12. The Balaban J connectivity index is 3.05. The van der Waals surface area contributed by atoms with E-state index in [1.165, 1.54) is 6.92 Å². The Bertz CT molecular complexity index is 1650. The van der Waals surface area contributed by atoms with E-state index >= 15 is 0 Å². The molecule has 0 radical (unpaired) electrons. The van der Waals surface area contributed by atoms with E-state index in [9.17, 15) is 58.5 Å². The average molecular weight is 867 g/mol. The van der Waals surface area contributed by atoms with Gasteiger partial charge in [0.2, 0.25) is 41.4 Å². The number of carbonyl (C=O) groups is 9. The van der Waals surface area contributed by atoms with E-state index < -0.39 is 121 Å². The van der Waals surface area contributed by atoms with Crippen LogP contribution in [0.15, 0.2) is 30.3 Å². The lowest BCUT2D eigenvalue weighted by atomic mass is 10.0. The molecule has 1 rings (SSSR count). The average Bonchev–Trinajstić information content (AvgIpc) is 3.16. The van der Waals surface area contributed by atoms with Crippen molar-refractivity contribution in [1.82, 2.24) is 37.2 Å². The van der Waals surface area contributed by atoms with Gasteiger partial charge in [-0.15, -0.1) is 0 Å². The topological polar surface area (TPSA) is 325 Å². The van der Waals surface area contributed by atoms with Crippen molar-refractivity contribution >= 4 is 65.9 Å². The third-order valence-corrected chi connectivity index (χ3v) is 9.30. The van der Waals surface area contributed by atoms with Crippen molar-refractivity contribution in [2.24, 2.45) is 23.5 Å². The summed E-state index contributed by atoms with van der Waals surface area (Å²) in [4.78, 5) is 116. The number of nitrogens with two attached hydrogens (primary N) is 1. The minimum absolute atomic E-state index is 0.00965. The number of nitrogens with one attached hydrogen (secondary N) is 7. The zero-order valence-corrected chi connectivity index (χ0v) is 35.9. The van der Waals surface area contributed by atoms with Crippen molar-refractivity contribution in [3.63, 3.8) is 0 Å². The molecule has 21 heteroatoms. The number of aliphatic hydroxyl groups is 1. The summed E-state index contributed by atoms with van der Waals surface area (Å²) in [6.45, 7) is 10.5. The summed E-state index contributed by atoms with van der Waals surface area (Å²) in [5.74, 6) is -10.1. The van der Waals surface area contributed by atoms with E-state index in [0.29, 0.717) is 0 Å². The largest absolute Gasteiger partial charge is 0.481 e. The van der Waals surface area contributed by atoms with Gasteiger partial charge in [-0.25, -0.2) is 4.79 Å². The van der Waals surface area contributed by atoms with Crippen molar-refractivity contribution in [2.45, 2.75) is 122 Å².